The molecule has 0 aliphatic carbocycles. The number of benzene rings is 1. The monoisotopic (exact) mass is 515 g/mol. The van der Waals surface area contributed by atoms with Crippen LogP contribution in [0.1, 0.15) is 42.9 Å². The summed E-state index contributed by atoms with van der Waals surface area (Å²) in [5.74, 6) is 3.10. The van der Waals surface area contributed by atoms with Crippen molar-refractivity contribution in [3.8, 4) is 5.75 Å². The summed E-state index contributed by atoms with van der Waals surface area (Å²) in [6.45, 7) is 9.32. The summed E-state index contributed by atoms with van der Waals surface area (Å²) in [6, 6.07) is 10.0. The highest BCUT2D eigenvalue weighted by Crippen LogP contribution is 2.27. The molecule has 7 heteroatoms. The van der Waals surface area contributed by atoms with Gasteiger partial charge >= 0.3 is 0 Å². The van der Waals surface area contributed by atoms with Gasteiger partial charge in [0.2, 0.25) is 0 Å². The van der Waals surface area contributed by atoms with Crippen molar-refractivity contribution in [2.24, 2.45) is 4.99 Å². The van der Waals surface area contributed by atoms with Crippen molar-refractivity contribution < 1.29 is 14.3 Å². The summed E-state index contributed by atoms with van der Waals surface area (Å²) in [5, 5.41) is 17.4. The molecular weight excluding hydrogens is 481 g/mol. The molecule has 1 unspecified atom stereocenters. The van der Waals surface area contributed by atoms with Gasteiger partial charge in [-0.1, -0.05) is 12.1 Å². The van der Waals surface area contributed by atoms with E-state index in [0.29, 0.717) is 5.96 Å². The summed E-state index contributed by atoms with van der Waals surface area (Å²) < 4.78 is 10.8. The Labute approximate surface area is 191 Å². The number of ether oxygens (including phenoxy) is 1. The van der Waals surface area contributed by atoms with E-state index < -0.39 is 5.60 Å². The van der Waals surface area contributed by atoms with Crippen LogP contribution in [0.3, 0.4) is 0 Å². The van der Waals surface area contributed by atoms with Crippen LogP contribution in [0.2, 0.25) is 0 Å². The van der Waals surface area contributed by atoms with E-state index in [1.54, 1.807) is 14.0 Å². The second kappa shape index (κ2) is 12.1. The Morgan fingerprint density at radius 1 is 1.24 bits per heavy atom. The van der Waals surface area contributed by atoms with Gasteiger partial charge in [-0.05, 0) is 64.3 Å². The quantitative estimate of drug-likeness (QED) is 0.204. The standard InChI is InChI=1S/C22H33N3O3.HI/c1-6-23-21(24-12-8-10-18-9-7-11-19(14-18)27-5)25-15-22(4,26)20-13-16(2)28-17(20)3;/h7,9,11,13-14,26H,6,8,10,12,15H2,1-5H3,(H2,23,24,25);1H. The number of nitrogens with one attached hydrogen (secondary N) is 2. The zero-order chi connectivity index (χ0) is 20.6. The normalized spacial score (nSPS) is 13.4. The third kappa shape index (κ3) is 7.89. The van der Waals surface area contributed by atoms with Gasteiger partial charge < -0.3 is 24.9 Å². The van der Waals surface area contributed by atoms with Crippen molar-refractivity contribution >= 4 is 29.9 Å². The van der Waals surface area contributed by atoms with E-state index in [0.717, 1.165) is 48.8 Å². The number of hydrogen-bond donors (Lipinski definition) is 3. The molecule has 29 heavy (non-hydrogen) atoms. The highest BCUT2D eigenvalue weighted by molar-refractivity contribution is 14.0. The van der Waals surface area contributed by atoms with E-state index in [1.807, 2.05) is 39.0 Å². The number of rotatable bonds is 9. The zero-order valence-corrected chi connectivity index (χ0v) is 20.4. The average molecular weight is 515 g/mol. The van der Waals surface area contributed by atoms with Crippen molar-refractivity contribution in [3.05, 3.63) is 53.0 Å². The number of furan rings is 1. The number of methoxy groups -OCH3 is 1. The fraction of sp³-hybridized carbons (Fsp3) is 0.500. The number of nitrogens with zero attached hydrogens (tertiary/aromatic N) is 1. The fourth-order valence-electron chi connectivity index (χ4n) is 3.15. The minimum Gasteiger partial charge on any atom is -0.497 e. The van der Waals surface area contributed by atoms with E-state index in [9.17, 15) is 5.11 Å². The van der Waals surface area contributed by atoms with Gasteiger partial charge in [-0.15, -0.1) is 24.0 Å². The molecule has 1 aromatic carbocycles. The molecule has 0 saturated heterocycles. The van der Waals surface area contributed by atoms with E-state index >= 15 is 0 Å². The molecule has 0 saturated carbocycles. The summed E-state index contributed by atoms with van der Waals surface area (Å²) in [6.07, 6.45) is 1.92. The molecule has 0 bridgehead atoms. The highest BCUT2D eigenvalue weighted by Gasteiger charge is 2.27. The lowest BCUT2D eigenvalue weighted by Crippen LogP contribution is -2.39. The molecule has 2 rings (SSSR count). The third-order valence-corrected chi connectivity index (χ3v) is 4.58. The van der Waals surface area contributed by atoms with Crippen LogP contribution in [0.25, 0.3) is 0 Å². The van der Waals surface area contributed by atoms with Gasteiger partial charge in [0.05, 0.1) is 13.7 Å². The molecular formula is C22H34IN3O3. The van der Waals surface area contributed by atoms with Crippen LogP contribution in [-0.4, -0.2) is 37.8 Å². The molecule has 0 aliphatic heterocycles. The molecule has 3 N–H and O–H groups in total. The smallest absolute Gasteiger partial charge is 0.191 e. The van der Waals surface area contributed by atoms with Crippen molar-refractivity contribution in [1.82, 2.24) is 10.6 Å². The van der Waals surface area contributed by atoms with E-state index in [2.05, 4.69) is 27.8 Å². The predicted molar refractivity (Wildman–Crippen MR) is 128 cm³/mol. The Bertz CT molecular complexity index is 787. The molecule has 162 valence electrons. The minimum atomic E-state index is -1.08. The lowest BCUT2D eigenvalue weighted by atomic mass is 9.96. The first-order valence-corrected chi connectivity index (χ1v) is 9.80. The molecule has 0 fully saturated rings. The van der Waals surface area contributed by atoms with E-state index in [-0.39, 0.29) is 30.5 Å². The van der Waals surface area contributed by atoms with E-state index in [4.69, 9.17) is 9.15 Å². The summed E-state index contributed by atoms with van der Waals surface area (Å²) in [4.78, 5) is 4.57. The lowest BCUT2D eigenvalue weighted by Gasteiger charge is -2.21. The van der Waals surface area contributed by atoms with Gasteiger partial charge in [0.1, 0.15) is 22.9 Å². The highest BCUT2D eigenvalue weighted by atomic mass is 127. The maximum Gasteiger partial charge on any atom is 0.191 e. The van der Waals surface area contributed by atoms with Gasteiger partial charge in [-0.25, -0.2) is 4.99 Å². The second-order valence-electron chi connectivity index (χ2n) is 7.18. The zero-order valence-electron chi connectivity index (χ0n) is 18.0. The van der Waals surface area contributed by atoms with Crippen LogP contribution < -0.4 is 15.4 Å². The van der Waals surface area contributed by atoms with Gasteiger partial charge in [-0.2, -0.15) is 0 Å². The Morgan fingerprint density at radius 2 is 2.00 bits per heavy atom. The third-order valence-electron chi connectivity index (χ3n) is 4.58. The first-order valence-electron chi connectivity index (χ1n) is 9.80. The molecule has 1 heterocycles. The van der Waals surface area contributed by atoms with Crippen LogP contribution in [0.15, 0.2) is 39.7 Å². The SMILES string of the molecule is CCNC(=NCC(C)(O)c1cc(C)oc1C)NCCCc1cccc(OC)c1.I. The molecule has 1 atom stereocenters. The first kappa shape index (κ1) is 25.3. The van der Waals surface area contributed by atoms with Gasteiger partial charge in [0, 0.05) is 18.7 Å². The van der Waals surface area contributed by atoms with Gasteiger partial charge in [0.25, 0.3) is 0 Å². The molecule has 6 nitrogen and oxygen atoms in total. The van der Waals surface area contributed by atoms with Crippen molar-refractivity contribution in [2.75, 3.05) is 26.7 Å². The molecule has 0 aliphatic rings. The molecule has 2 aromatic rings. The first-order chi connectivity index (χ1) is 13.4. The minimum absolute atomic E-state index is 0. The van der Waals surface area contributed by atoms with E-state index in [1.165, 1.54) is 5.56 Å². The van der Waals surface area contributed by atoms with Crippen LogP contribution >= 0.6 is 24.0 Å². The Balaban J connectivity index is 0.00000420. The number of aliphatic imine (C=N–C) groups is 1. The Morgan fingerprint density at radius 3 is 2.62 bits per heavy atom. The van der Waals surface area contributed by atoms with Gasteiger partial charge in [-0.3, -0.25) is 0 Å². The molecule has 0 radical (unpaired) electrons. The summed E-state index contributed by atoms with van der Waals surface area (Å²) in [7, 11) is 1.68. The maximum atomic E-state index is 10.8. The maximum absolute atomic E-state index is 10.8. The number of guanidine groups is 1. The number of aryl methyl sites for hydroxylation is 3. The van der Waals surface area contributed by atoms with Crippen molar-refractivity contribution in [3.63, 3.8) is 0 Å². The Hall–Kier alpha value is -1.74. The number of aliphatic hydroxyl groups is 1. The average Bonchev–Trinajstić information content (AvgIpc) is 3.02. The van der Waals surface area contributed by atoms with Crippen molar-refractivity contribution in [1.29, 1.82) is 0 Å². The number of hydrogen-bond acceptors (Lipinski definition) is 4. The topological polar surface area (TPSA) is 79.0 Å². The number of halogens is 1. The summed E-state index contributed by atoms with van der Waals surface area (Å²) in [5.41, 5.74) is 0.949. The molecule has 1 aromatic heterocycles. The van der Waals surface area contributed by atoms with Gasteiger partial charge in [0.15, 0.2) is 5.96 Å². The fourth-order valence-corrected chi connectivity index (χ4v) is 3.15. The largest absolute Gasteiger partial charge is 0.497 e. The Kier molecular flexibility index (Phi) is 10.5. The van der Waals surface area contributed by atoms with Crippen LogP contribution in [0, 0.1) is 13.8 Å². The predicted octanol–water partition coefficient (Wildman–Crippen LogP) is 3.92. The molecule has 0 amide bonds. The van der Waals surface area contributed by atoms with Crippen molar-refractivity contribution in [2.45, 2.75) is 46.1 Å². The van der Waals surface area contributed by atoms with Crippen LogP contribution in [-0.2, 0) is 12.0 Å². The summed E-state index contributed by atoms with van der Waals surface area (Å²) >= 11 is 0. The molecule has 0 spiro atoms. The van der Waals surface area contributed by atoms with Crippen LogP contribution in [0.4, 0.5) is 0 Å². The lowest BCUT2D eigenvalue weighted by molar-refractivity contribution is 0.0657. The van der Waals surface area contributed by atoms with Crippen LogP contribution in [0.5, 0.6) is 5.75 Å². The second-order valence-corrected chi connectivity index (χ2v) is 7.18.